The first-order valence-electron chi connectivity index (χ1n) is 10.7. The van der Waals surface area contributed by atoms with Gasteiger partial charge in [-0.25, -0.2) is 0 Å². The van der Waals surface area contributed by atoms with Gasteiger partial charge in [-0.05, 0) is 99.7 Å². The zero-order valence-electron chi connectivity index (χ0n) is 17.0. The molecule has 146 valence electrons. The molecule has 0 amide bonds. The first-order valence-corrected chi connectivity index (χ1v) is 10.7. The van der Waals surface area contributed by atoms with E-state index >= 15 is 0 Å². The van der Waals surface area contributed by atoms with E-state index in [0.29, 0.717) is 11.3 Å². The Morgan fingerprint density at radius 2 is 1.81 bits per heavy atom. The molecule has 4 saturated carbocycles. The van der Waals surface area contributed by atoms with Crippen LogP contribution in [0.25, 0.3) is 0 Å². The summed E-state index contributed by atoms with van der Waals surface area (Å²) in [5.41, 5.74) is 2.97. The molecule has 0 N–H and O–H groups in total. The minimum atomic E-state index is 0.442. The average Bonchev–Trinajstić information content (AvgIpc) is 2.99. The van der Waals surface area contributed by atoms with Crippen molar-refractivity contribution in [3.63, 3.8) is 0 Å². The van der Waals surface area contributed by atoms with Crippen LogP contribution in [0.3, 0.4) is 0 Å². The van der Waals surface area contributed by atoms with Gasteiger partial charge in [0.05, 0.1) is 11.4 Å². The molecule has 0 bridgehead atoms. The zero-order chi connectivity index (χ0) is 18.3. The number of hydrogen-bond donors (Lipinski definition) is 0. The Balaban J connectivity index is 1.51. The molecule has 26 heavy (non-hydrogen) atoms. The van der Waals surface area contributed by atoms with Crippen LogP contribution in [0.5, 0.6) is 0 Å². The lowest BCUT2D eigenvalue weighted by atomic mass is 9.49. The van der Waals surface area contributed by atoms with Crippen molar-refractivity contribution in [3.05, 3.63) is 0 Å². The van der Waals surface area contributed by atoms with Gasteiger partial charge in [0.1, 0.15) is 14.2 Å². The Labute approximate surface area is 158 Å². The Hall–Kier alpha value is -1.06. The molecule has 0 spiro atoms. The molecular formula is C22H36N2O2. The van der Waals surface area contributed by atoms with Crippen LogP contribution in [0, 0.1) is 40.9 Å². The first-order chi connectivity index (χ1) is 12.6. The molecule has 0 saturated heterocycles. The van der Waals surface area contributed by atoms with E-state index in [1.165, 1.54) is 62.8 Å². The molecule has 7 atom stereocenters. The van der Waals surface area contributed by atoms with Crippen LogP contribution in [0.15, 0.2) is 10.3 Å². The van der Waals surface area contributed by atoms with Crippen LogP contribution in [0.1, 0.15) is 71.6 Å². The normalized spacial score (nSPS) is 47.1. The van der Waals surface area contributed by atoms with Gasteiger partial charge in [0.15, 0.2) is 0 Å². The molecule has 4 unspecified atom stereocenters. The third kappa shape index (κ3) is 2.88. The molecule has 0 aromatic rings. The number of oxime groups is 2. The maximum atomic E-state index is 5.11. The van der Waals surface area contributed by atoms with Crippen molar-refractivity contribution in [2.24, 2.45) is 51.2 Å². The lowest BCUT2D eigenvalue weighted by Crippen LogP contribution is -2.49. The lowest BCUT2D eigenvalue weighted by molar-refractivity contribution is -0.0477. The summed E-state index contributed by atoms with van der Waals surface area (Å²) in [6.07, 6.45) is 12.0. The summed E-state index contributed by atoms with van der Waals surface area (Å²) < 4.78 is 0. The average molecular weight is 361 g/mol. The predicted molar refractivity (Wildman–Crippen MR) is 105 cm³/mol. The van der Waals surface area contributed by atoms with Gasteiger partial charge in [-0.15, -0.1) is 0 Å². The minimum absolute atomic E-state index is 0.442. The number of rotatable bonds is 3. The van der Waals surface area contributed by atoms with Crippen LogP contribution in [-0.2, 0) is 9.68 Å². The Morgan fingerprint density at radius 1 is 0.962 bits per heavy atom. The lowest BCUT2D eigenvalue weighted by Gasteiger charge is -2.55. The second-order valence-electron chi connectivity index (χ2n) is 9.61. The van der Waals surface area contributed by atoms with Crippen molar-refractivity contribution < 1.29 is 9.68 Å². The van der Waals surface area contributed by atoms with E-state index in [2.05, 4.69) is 24.2 Å². The summed E-state index contributed by atoms with van der Waals surface area (Å²) in [6.45, 7) is 4.75. The quantitative estimate of drug-likeness (QED) is 0.507. The minimum Gasteiger partial charge on any atom is -0.399 e. The summed E-state index contributed by atoms with van der Waals surface area (Å²) in [4.78, 5) is 10.2. The number of nitrogens with zero attached hydrogens (tertiary/aromatic N) is 2. The van der Waals surface area contributed by atoms with E-state index < -0.39 is 0 Å². The van der Waals surface area contributed by atoms with Crippen LogP contribution in [-0.4, -0.2) is 25.6 Å². The van der Waals surface area contributed by atoms with Crippen molar-refractivity contribution in [1.82, 2.24) is 0 Å². The Kier molecular flexibility index (Phi) is 5.04. The molecule has 0 aliphatic heterocycles. The van der Waals surface area contributed by atoms with E-state index in [0.717, 1.165) is 36.0 Å². The van der Waals surface area contributed by atoms with Gasteiger partial charge < -0.3 is 9.68 Å². The third-order valence-corrected chi connectivity index (χ3v) is 8.74. The van der Waals surface area contributed by atoms with Crippen molar-refractivity contribution in [1.29, 1.82) is 0 Å². The monoisotopic (exact) mass is 360 g/mol. The summed E-state index contributed by atoms with van der Waals surface area (Å²) in [5, 5.41) is 8.61. The molecule has 4 aliphatic rings. The van der Waals surface area contributed by atoms with Gasteiger partial charge in [-0.3, -0.25) is 0 Å². The van der Waals surface area contributed by atoms with Crippen molar-refractivity contribution in [2.75, 3.05) is 14.2 Å². The summed E-state index contributed by atoms with van der Waals surface area (Å²) in [5.74, 6) is 5.20. The van der Waals surface area contributed by atoms with E-state index in [9.17, 15) is 0 Å². The molecule has 4 fully saturated rings. The van der Waals surface area contributed by atoms with Gasteiger partial charge in [0, 0.05) is 5.92 Å². The fraction of sp³-hybridized carbons (Fsp3) is 0.909. The molecule has 0 aromatic heterocycles. The molecule has 0 heterocycles. The Morgan fingerprint density at radius 3 is 2.58 bits per heavy atom. The van der Waals surface area contributed by atoms with Crippen LogP contribution >= 0.6 is 0 Å². The maximum absolute atomic E-state index is 5.11. The van der Waals surface area contributed by atoms with Crippen molar-refractivity contribution >= 4 is 11.4 Å². The summed E-state index contributed by atoms with van der Waals surface area (Å²) in [6, 6.07) is 0. The SMILES string of the molecule is CO/N=C1\CCC2C3CC[C@@]4(C)C(CC[C@@H]4/C(C)=N/OC)C3CC[C@H]2C1. The highest BCUT2D eigenvalue weighted by molar-refractivity contribution is 5.85. The standard InChI is InChI=1S/C22H36N2O2/c1-14(23-25-3)20-9-10-21-19-7-5-15-13-16(24-26-4)6-8-17(15)18(19)11-12-22(20,21)2/h15,17-21H,5-13H2,1-4H3/b23-14+,24-16+/t15-,17?,18?,19?,20+,21?,22+/m0/s1. The second kappa shape index (κ2) is 7.16. The van der Waals surface area contributed by atoms with Crippen LogP contribution in [0.2, 0.25) is 0 Å². The Bertz CT molecular complexity index is 587. The smallest absolute Gasteiger partial charge is 0.106 e. The maximum Gasteiger partial charge on any atom is 0.106 e. The highest BCUT2D eigenvalue weighted by atomic mass is 16.6. The van der Waals surface area contributed by atoms with E-state index in [1.807, 2.05) is 0 Å². The third-order valence-electron chi connectivity index (χ3n) is 8.74. The molecule has 4 heteroatoms. The molecule has 4 rings (SSSR count). The van der Waals surface area contributed by atoms with E-state index in [1.54, 1.807) is 14.2 Å². The predicted octanol–water partition coefficient (Wildman–Crippen LogP) is 5.28. The zero-order valence-corrected chi connectivity index (χ0v) is 17.0. The fourth-order valence-electron chi connectivity index (χ4n) is 7.78. The summed E-state index contributed by atoms with van der Waals surface area (Å²) >= 11 is 0. The van der Waals surface area contributed by atoms with Gasteiger partial charge in [-0.2, -0.15) is 0 Å². The molecule has 0 aromatic carbocycles. The molecular weight excluding hydrogens is 324 g/mol. The summed E-state index contributed by atoms with van der Waals surface area (Å²) in [7, 11) is 3.37. The van der Waals surface area contributed by atoms with Gasteiger partial charge in [0.25, 0.3) is 0 Å². The topological polar surface area (TPSA) is 43.2 Å². The van der Waals surface area contributed by atoms with E-state index in [4.69, 9.17) is 9.68 Å². The molecule has 0 radical (unpaired) electrons. The number of fused-ring (bicyclic) bond motifs is 5. The van der Waals surface area contributed by atoms with Gasteiger partial charge in [-0.1, -0.05) is 17.2 Å². The molecule has 4 aliphatic carbocycles. The fourth-order valence-corrected chi connectivity index (χ4v) is 7.78. The molecule has 4 nitrogen and oxygen atoms in total. The largest absolute Gasteiger partial charge is 0.399 e. The van der Waals surface area contributed by atoms with Crippen molar-refractivity contribution in [3.8, 4) is 0 Å². The number of hydrogen-bond acceptors (Lipinski definition) is 4. The van der Waals surface area contributed by atoms with Crippen molar-refractivity contribution in [2.45, 2.75) is 71.6 Å². The van der Waals surface area contributed by atoms with Gasteiger partial charge in [0.2, 0.25) is 0 Å². The highest BCUT2D eigenvalue weighted by Crippen LogP contribution is 2.64. The second-order valence-corrected chi connectivity index (χ2v) is 9.61. The highest BCUT2D eigenvalue weighted by Gasteiger charge is 2.57. The van der Waals surface area contributed by atoms with E-state index in [-0.39, 0.29) is 0 Å². The first kappa shape index (κ1) is 18.3. The van der Waals surface area contributed by atoms with Gasteiger partial charge >= 0.3 is 0 Å². The van der Waals surface area contributed by atoms with Crippen LogP contribution in [0.4, 0.5) is 0 Å². The van der Waals surface area contributed by atoms with Crippen LogP contribution < -0.4 is 0 Å².